The standard InChI is InChI=1S/C23H22N2O3S/c1-14-24-22-21(18-9-5-11-20(18)29-22)23(27)25(14)12-16(26)13-28-19-10-4-7-15-6-2-3-8-17(15)19/h2-4,6-8,10,16,26H,5,9,11-13H2,1H3/t16-/m0/s1. The highest BCUT2D eigenvalue weighted by Crippen LogP contribution is 2.34. The van der Waals surface area contributed by atoms with Crippen molar-refractivity contribution in [1.82, 2.24) is 9.55 Å². The fourth-order valence-electron chi connectivity index (χ4n) is 4.16. The Kier molecular flexibility index (Phi) is 4.60. The minimum absolute atomic E-state index is 0.0453. The molecule has 0 spiro atoms. The Labute approximate surface area is 172 Å². The van der Waals surface area contributed by atoms with Crippen molar-refractivity contribution in [1.29, 1.82) is 0 Å². The van der Waals surface area contributed by atoms with Gasteiger partial charge in [-0.05, 0) is 43.2 Å². The highest BCUT2D eigenvalue weighted by molar-refractivity contribution is 7.18. The molecule has 0 aliphatic heterocycles. The maximum atomic E-state index is 13.1. The van der Waals surface area contributed by atoms with E-state index in [9.17, 15) is 9.90 Å². The van der Waals surface area contributed by atoms with Gasteiger partial charge in [0.25, 0.3) is 5.56 Å². The molecule has 1 atom stereocenters. The molecule has 148 valence electrons. The van der Waals surface area contributed by atoms with E-state index in [0.29, 0.717) is 5.82 Å². The first-order chi connectivity index (χ1) is 14.1. The molecule has 1 aliphatic carbocycles. The van der Waals surface area contributed by atoms with Crippen LogP contribution >= 0.6 is 11.3 Å². The SMILES string of the molecule is Cc1nc2sc3c(c2c(=O)n1C[C@H](O)COc1cccc2ccccc12)CCC3. The molecule has 2 aromatic carbocycles. The summed E-state index contributed by atoms with van der Waals surface area (Å²) in [5.74, 6) is 1.36. The lowest BCUT2D eigenvalue weighted by Crippen LogP contribution is -2.32. The topological polar surface area (TPSA) is 64.4 Å². The van der Waals surface area contributed by atoms with Crippen LogP contribution in [-0.2, 0) is 19.4 Å². The van der Waals surface area contributed by atoms with Gasteiger partial charge in [-0.2, -0.15) is 0 Å². The van der Waals surface area contributed by atoms with E-state index in [1.807, 2.05) is 49.4 Å². The summed E-state index contributed by atoms with van der Waals surface area (Å²) in [7, 11) is 0. The van der Waals surface area contributed by atoms with Crippen LogP contribution in [0.15, 0.2) is 47.3 Å². The molecule has 5 nitrogen and oxygen atoms in total. The van der Waals surface area contributed by atoms with Crippen LogP contribution < -0.4 is 10.3 Å². The van der Waals surface area contributed by atoms with Crippen molar-refractivity contribution in [3.63, 3.8) is 0 Å². The lowest BCUT2D eigenvalue weighted by atomic mass is 10.1. The molecular formula is C23H22N2O3S. The van der Waals surface area contributed by atoms with Gasteiger partial charge in [0, 0.05) is 10.3 Å². The average molecular weight is 407 g/mol. The normalized spacial score (nSPS) is 14.4. The van der Waals surface area contributed by atoms with E-state index in [0.717, 1.165) is 51.6 Å². The molecule has 0 saturated carbocycles. The molecular weight excluding hydrogens is 384 g/mol. The average Bonchev–Trinajstić information content (AvgIpc) is 3.30. The van der Waals surface area contributed by atoms with E-state index in [1.54, 1.807) is 15.9 Å². The third-order valence-corrected chi connectivity index (χ3v) is 6.78. The van der Waals surface area contributed by atoms with Gasteiger partial charge >= 0.3 is 0 Å². The van der Waals surface area contributed by atoms with Crippen molar-refractivity contribution in [2.24, 2.45) is 0 Å². The first kappa shape index (κ1) is 18.3. The monoisotopic (exact) mass is 406 g/mol. The van der Waals surface area contributed by atoms with Gasteiger partial charge < -0.3 is 9.84 Å². The zero-order valence-electron chi connectivity index (χ0n) is 16.2. The second-order valence-electron chi connectivity index (χ2n) is 7.55. The molecule has 0 fully saturated rings. The molecule has 2 aromatic heterocycles. The van der Waals surface area contributed by atoms with E-state index in [4.69, 9.17) is 4.74 Å². The fraction of sp³-hybridized carbons (Fsp3) is 0.304. The second kappa shape index (κ2) is 7.28. The smallest absolute Gasteiger partial charge is 0.262 e. The summed E-state index contributed by atoms with van der Waals surface area (Å²) in [5, 5.41) is 13.4. The molecule has 0 amide bonds. The quantitative estimate of drug-likeness (QED) is 0.547. The Balaban J connectivity index is 1.39. The highest BCUT2D eigenvalue weighted by Gasteiger charge is 2.23. The molecule has 29 heavy (non-hydrogen) atoms. The number of aromatic nitrogens is 2. The molecule has 0 saturated heterocycles. The molecule has 0 radical (unpaired) electrons. The second-order valence-corrected chi connectivity index (χ2v) is 8.64. The molecule has 4 aromatic rings. The maximum Gasteiger partial charge on any atom is 0.262 e. The summed E-state index contributed by atoms with van der Waals surface area (Å²) < 4.78 is 7.48. The van der Waals surface area contributed by atoms with Crippen LogP contribution in [-0.4, -0.2) is 27.4 Å². The predicted molar refractivity (Wildman–Crippen MR) is 116 cm³/mol. The number of benzene rings is 2. The molecule has 1 N–H and O–H groups in total. The number of aryl methyl sites for hydroxylation is 3. The lowest BCUT2D eigenvalue weighted by Gasteiger charge is -2.16. The van der Waals surface area contributed by atoms with Crippen molar-refractivity contribution < 1.29 is 9.84 Å². The van der Waals surface area contributed by atoms with Gasteiger partial charge in [0.2, 0.25) is 0 Å². The third-order valence-electron chi connectivity index (χ3n) is 5.59. The number of aliphatic hydroxyl groups is 1. The zero-order valence-corrected chi connectivity index (χ0v) is 17.0. The Morgan fingerprint density at radius 1 is 1.21 bits per heavy atom. The Morgan fingerprint density at radius 2 is 2.03 bits per heavy atom. The van der Waals surface area contributed by atoms with E-state index in [-0.39, 0.29) is 18.7 Å². The highest BCUT2D eigenvalue weighted by atomic mass is 32.1. The summed E-state index contributed by atoms with van der Waals surface area (Å²) in [4.78, 5) is 19.9. The van der Waals surface area contributed by atoms with E-state index >= 15 is 0 Å². The van der Waals surface area contributed by atoms with Crippen LogP contribution in [0.25, 0.3) is 21.0 Å². The van der Waals surface area contributed by atoms with Gasteiger partial charge in [-0.1, -0.05) is 36.4 Å². The summed E-state index contributed by atoms with van der Waals surface area (Å²) >= 11 is 1.64. The van der Waals surface area contributed by atoms with Crippen molar-refractivity contribution in [2.75, 3.05) is 6.61 Å². The molecule has 0 unspecified atom stereocenters. The van der Waals surface area contributed by atoms with E-state index in [1.165, 1.54) is 4.88 Å². The fourth-order valence-corrected chi connectivity index (χ4v) is 5.46. The number of fused-ring (bicyclic) bond motifs is 4. The van der Waals surface area contributed by atoms with Crippen LogP contribution in [0, 0.1) is 6.92 Å². The summed E-state index contributed by atoms with van der Waals surface area (Å²) in [6.45, 7) is 2.10. The molecule has 2 heterocycles. The van der Waals surface area contributed by atoms with Crippen molar-refractivity contribution >= 4 is 32.3 Å². The third kappa shape index (κ3) is 3.22. The minimum atomic E-state index is -0.809. The molecule has 0 bridgehead atoms. The van der Waals surface area contributed by atoms with Gasteiger partial charge in [-0.15, -0.1) is 11.3 Å². The number of aliphatic hydroxyl groups excluding tert-OH is 1. The number of hydrogen-bond acceptors (Lipinski definition) is 5. The van der Waals surface area contributed by atoms with Gasteiger partial charge in [-0.25, -0.2) is 4.98 Å². The Hall–Kier alpha value is -2.70. The predicted octanol–water partition coefficient (Wildman–Crippen LogP) is 3.85. The summed E-state index contributed by atoms with van der Waals surface area (Å²) in [5.41, 5.74) is 1.12. The number of rotatable bonds is 5. The van der Waals surface area contributed by atoms with Crippen molar-refractivity contribution in [3.05, 3.63) is 69.1 Å². The number of thiophene rings is 1. The first-order valence-corrected chi connectivity index (χ1v) is 10.7. The van der Waals surface area contributed by atoms with Gasteiger partial charge in [0.05, 0.1) is 11.9 Å². The Morgan fingerprint density at radius 3 is 2.93 bits per heavy atom. The largest absolute Gasteiger partial charge is 0.490 e. The van der Waals surface area contributed by atoms with Gasteiger partial charge in [0.15, 0.2) is 0 Å². The first-order valence-electron chi connectivity index (χ1n) is 9.92. The summed E-state index contributed by atoms with van der Waals surface area (Å²) in [6.07, 6.45) is 2.28. The van der Waals surface area contributed by atoms with Crippen LogP contribution in [0.2, 0.25) is 0 Å². The number of hydrogen-bond donors (Lipinski definition) is 1. The van der Waals surface area contributed by atoms with Crippen molar-refractivity contribution in [3.8, 4) is 5.75 Å². The van der Waals surface area contributed by atoms with Gasteiger partial charge in [0.1, 0.15) is 29.1 Å². The molecule has 6 heteroatoms. The van der Waals surface area contributed by atoms with Gasteiger partial charge in [-0.3, -0.25) is 9.36 Å². The van der Waals surface area contributed by atoms with Crippen molar-refractivity contribution in [2.45, 2.75) is 38.8 Å². The number of ether oxygens (including phenoxy) is 1. The lowest BCUT2D eigenvalue weighted by molar-refractivity contribution is 0.0916. The van der Waals surface area contributed by atoms with E-state index in [2.05, 4.69) is 4.98 Å². The zero-order chi connectivity index (χ0) is 20.0. The van der Waals surface area contributed by atoms with Crippen LogP contribution in [0.1, 0.15) is 22.7 Å². The minimum Gasteiger partial charge on any atom is -0.490 e. The maximum absolute atomic E-state index is 13.1. The number of nitrogens with zero attached hydrogens (tertiary/aromatic N) is 2. The van der Waals surface area contributed by atoms with Crippen LogP contribution in [0.4, 0.5) is 0 Å². The Bertz CT molecular complexity index is 1270. The van der Waals surface area contributed by atoms with Crippen LogP contribution in [0.5, 0.6) is 5.75 Å². The molecule has 1 aliphatic rings. The van der Waals surface area contributed by atoms with E-state index < -0.39 is 6.10 Å². The van der Waals surface area contributed by atoms with Crippen LogP contribution in [0.3, 0.4) is 0 Å². The molecule has 5 rings (SSSR count). The summed E-state index contributed by atoms with van der Waals surface area (Å²) in [6, 6.07) is 13.8.